The zero-order valence-corrected chi connectivity index (χ0v) is 8.77. The molecule has 0 radical (unpaired) electrons. The van der Waals surface area contributed by atoms with Gasteiger partial charge in [-0.3, -0.25) is 24.7 Å². The van der Waals surface area contributed by atoms with E-state index >= 15 is 0 Å². The largest absolute Gasteiger partial charge is 0.397 e. The summed E-state index contributed by atoms with van der Waals surface area (Å²) in [5, 5.41) is 4.54. The van der Waals surface area contributed by atoms with Crippen molar-refractivity contribution >= 4 is 23.4 Å². The topological polar surface area (TPSA) is 114 Å². The number of carbonyl (C=O) groups excluding carboxylic acids is 3. The number of nitrogens with zero attached hydrogens (tertiary/aromatic N) is 1. The van der Waals surface area contributed by atoms with Crippen molar-refractivity contribution in [1.82, 2.24) is 15.6 Å². The van der Waals surface area contributed by atoms with Crippen molar-refractivity contribution in [3.63, 3.8) is 0 Å². The highest BCUT2D eigenvalue weighted by Gasteiger charge is 2.31. The maximum Gasteiger partial charge on any atom is 0.253 e. The Morgan fingerprint density at radius 3 is 2.82 bits per heavy atom. The van der Waals surface area contributed by atoms with E-state index in [2.05, 4.69) is 15.6 Å². The van der Waals surface area contributed by atoms with E-state index in [4.69, 9.17) is 5.73 Å². The number of hydrogen-bond donors (Lipinski definition) is 3. The van der Waals surface area contributed by atoms with Gasteiger partial charge in [0, 0.05) is 12.4 Å². The second-order valence-electron chi connectivity index (χ2n) is 3.65. The van der Waals surface area contributed by atoms with Gasteiger partial charge in [-0.1, -0.05) is 0 Å². The lowest BCUT2D eigenvalue weighted by Gasteiger charge is -2.08. The van der Waals surface area contributed by atoms with Crippen molar-refractivity contribution in [2.24, 2.45) is 0 Å². The van der Waals surface area contributed by atoms with Crippen molar-refractivity contribution in [2.75, 3.05) is 5.73 Å². The van der Waals surface area contributed by atoms with E-state index in [0.717, 1.165) is 0 Å². The molecule has 1 aromatic rings. The molecule has 7 heteroatoms. The molecule has 1 fully saturated rings. The van der Waals surface area contributed by atoms with Crippen LogP contribution in [-0.2, 0) is 9.59 Å². The van der Waals surface area contributed by atoms with Crippen LogP contribution in [0.5, 0.6) is 0 Å². The third kappa shape index (κ3) is 2.39. The molecule has 0 aliphatic carbocycles. The summed E-state index contributed by atoms with van der Waals surface area (Å²) in [5.41, 5.74) is 6.08. The van der Waals surface area contributed by atoms with Gasteiger partial charge < -0.3 is 11.1 Å². The van der Waals surface area contributed by atoms with Crippen LogP contribution in [0.4, 0.5) is 5.69 Å². The van der Waals surface area contributed by atoms with Gasteiger partial charge in [0.15, 0.2) is 0 Å². The first-order valence-electron chi connectivity index (χ1n) is 4.91. The summed E-state index contributed by atoms with van der Waals surface area (Å²) >= 11 is 0. The average molecular weight is 234 g/mol. The van der Waals surface area contributed by atoms with Gasteiger partial charge in [-0.25, -0.2) is 0 Å². The van der Waals surface area contributed by atoms with E-state index in [1.807, 2.05) is 0 Å². The molecule has 2 heterocycles. The SMILES string of the molecule is Nc1cncc(C(=O)NC2CC(=O)NC2=O)c1. The first kappa shape index (κ1) is 11.1. The van der Waals surface area contributed by atoms with Crippen LogP contribution in [0.25, 0.3) is 0 Å². The van der Waals surface area contributed by atoms with Crippen molar-refractivity contribution in [3.05, 3.63) is 24.0 Å². The van der Waals surface area contributed by atoms with E-state index in [-0.39, 0.29) is 12.0 Å². The number of amides is 3. The van der Waals surface area contributed by atoms with Crippen molar-refractivity contribution < 1.29 is 14.4 Å². The Bertz CT molecular complexity index is 500. The molecule has 1 aromatic heterocycles. The highest BCUT2D eigenvalue weighted by atomic mass is 16.2. The number of anilines is 1. The van der Waals surface area contributed by atoms with Gasteiger partial charge in [-0.2, -0.15) is 0 Å². The summed E-state index contributed by atoms with van der Waals surface area (Å²) < 4.78 is 0. The lowest BCUT2D eigenvalue weighted by atomic mass is 10.2. The normalized spacial score (nSPS) is 18.9. The second-order valence-corrected chi connectivity index (χ2v) is 3.65. The standard InChI is InChI=1S/C10H10N4O3/c11-6-1-5(3-12-4-6)9(16)13-7-2-8(15)14-10(7)17/h1,3-4,7H,2,11H2,(H,13,16)(H,14,15,17). The number of aromatic nitrogens is 1. The highest BCUT2D eigenvalue weighted by Crippen LogP contribution is 2.06. The van der Waals surface area contributed by atoms with Gasteiger partial charge in [-0.15, -0.1) is 0 Å². The van der Waals surface area contributed by atoms with E-state index in [1.165, 1.54) is 18.5 Å². The monoisotopic (exact) mass is 234 g/mol. The van der Waals surface area contributed by atoms with Gasteiger partial charge in [0.25, 0.3) is 5.91 Å². The lowest BCUT2D eigenvalue weighted by molar-refractivity contribution is -0.125. The van der Waals surface area contributed by atoms with Gasteiger partial charge in [0.2, 0.25) is 11.8 Å². The molecule has 0 spiro atoms. The molecule has 1 aliphatic heterocycles. The van der Waals surface area contributed by atoms with Gasteiger partial charge in [-0.05, 0) is 6.07 Å². The molecule has 0 aromatic carbocycles. The average Bonchev–Trinajstić information content (AvgIpc) is 2.57. The molecule has 7 nitrogen and oxygen atoms in total. The number of nitrogens with two attached hydrogens (primary N) is 1. The van der Waals surface area contributed by atoms with Crippen LogP contribution in [0, 0.1) is 0 Å². The maximum absolute atomic E-state index is 11.7. The zero-order valence-electron chi connectivity index (χ0n) is 8.77. The molecule has 0 saturated carbocycles. The highest BCUT2D eigenvalue weighted by molar-refractivity contribution is 6.08. The zero-order chi connectivity index (χ0) is 12.4. The van der Waals surface area contributed by atoms with E-state index in [1.54, 1.807) is 0 Å². The predicted octanol–water partition coefficient (Wildman–Crippen LogP) is -1.19. The van der Waals surface area contributed by atoms with E-state index in [9.17, 15) is 14.4 Å². The Morgan fingerprint density at radius 1 is 1.47 bits per heavy atom. The van der Waals surface area contributed by atoms with Crippen molar-refractivity contribution in [3.8, 4) is 0 Å². The van der Waals surface area contributed by atoms with E-state index in [0.29, 0.717) is 5.69 Å². The molecule has 88 valence electrons. The molecule has 4 N–H and O–H groups in total. The third-order valence-electron chi connectivity index (χ3n) is 2.30. The fourth-order valence-electron chi connectivity index (χ4n) is 1.49. The Morgan fingerprint density at radius 2 is 2.24 bits per heavy atom. The number of nitrogens with one attached hydrogen (secondary N) is 2. The Hall–Kier alpha value is -2.44. The minimum absolute atomic E-state index is 0.0414. The molecular weight excluding hydrogens is 224 g/mol. The Labute approximate surface area is 96.4 Å². The summed E-state index contributed by atoms with van der Waals surface area (Å²) in [6.07, 6.45) is 2.70. The molecule has 1 aliphatic rings. The summed E-state index contributed by atoms with van der Waals surface area (Å²) in [6, 6.07) is 0.619. The van der Waals surface area contributed by atoms with E-state index < -0.39 is 23.8 Å². The maximum atomic E-state index is 11.7. The smallest absolute Gasteiger partial charge is 0.253 e. The lowest BCUT2D eigenvalue weighted by Crippen LogP contribution is -2.40. The first-order valence-corrected chi connectivity index (χ1v) is 4.91. The molecule has 1 unspecified atom stereocenters. The summed E-state index contributed by atoms with van der Waals surface area (Å²) in [5.74, 6) is -1.38. The van der Waals surface area contributed by atoms with Crippen LogP contribution in [0.15, 0.2) is 18.5 Å². The number of carbonyl (C=O) groups is 3. The van der Waals surface area contributed by atoms with Crippen molar-refractivity contribution in [1.29, 1.82) is 0 Å². The Balaban J connectivity index is 2.07. The van der Waals surface area contributed by atoms with Crippen molar-refractivity contribution in [2.45, 2.75) is 12.5 Å². The van der Waals surface area contributed by atoms with Crippen LogP contribution in [-0.4, -0.2) is 28.7 Å². The Kier molecular flexibility index (Phi) is 2.73. The quantitative estimate of drug-likeness (QED) is 0.556. The minimum atomic E-state index is -0.823. The fraction of sp³-hybridized carbons (Fsp3) is 0.200. The number of nitrogen functional groups attached to an aromatic ring is 1. The number of hydrogen-bond acceptors (Lipinski definition) is 5. The third-order valence-corrected chi connectivity index (χ3v) is 2.30. The van der Waals surface area contributed by atoms with Gasteiger partial charge in [0.05, 0.1) is 17.7 Å². The summed E-state index contributed by atoms with van der Waals surface area (Å²) in [6.45, 7) is 0. The summed E-state index contributed by atoms with van der Waals surface area (Å²) in [4.78, 5) is 37.6. The first-order chi connectivity index (χ1) is 8.06. The molecule has 0 bridgehead atoms. The molecule has 3 amide bonds. The van der Waals surface area contributed by atoms with Crippen LogP contribution in [0.3, 0.4) is 0 Å². The number of imide groups is 1. The van der Waals surface area contributed by atoms with Crippen LogP contribution < -0.4 is 16.4 Å². The molecule has 1 saturated heterocycles. The summed E-state index contributed by atoms with van der Waals surface area (Å²) in [7, 11) is 0. The fourth-order valence-corrected chi connectivity index (χ4v) is 1.49. The van der Waals surface area contributed by atoms with Gasteiger partial charge >= 0.3 is 0 Å². The minimum Gasteiger partial charge on any atom is -0.397 e. The molecular formula is C10H10N4O3. The van der Waals surface area contributed by atoms with Crippen LogP contribution in [0.1, 0.15) is 16.8 Å². The molecule has 2 rings (SSSR count). The van der Waals surface area contributed by atoms with Crippen LogP contribution in [0.2, 0.25) is 0 Å². The van der Waals surface area contributed by atoms with Gasteiger partial charge in [0.1, 0.15) is 6.04 Å². The number of pyridine rings is 1. The second kappa shape index (κ2) is 4.20. The molecule has 17 heavy (non-hydrogen) atoms. The molecule has 1 atom stereocenters. The predicted molar refractivity (Wildman–Crippen MR) is 57.7 cm³/mol. The number of rotatable bonds is 2. The van der Waals surface area contributed by atoms with Crippen LogP contribution >= 0.6 is 0 Å².